The summed E-state index contributed by atoms with van der Waals surface area (Å²) in [5.74, 6) is -0.464. The largest absolute Gasteiger partial charge is 0.394 e. The predicted octanol–water partition coefficient (Wildman–Crippen LogP) is 2.53. The highest BCUT2D eigenvalue weighted by Crippen LogP contribution is 2.52. The summed E-state index contributed by atoms with van der Waals surface area (Å²) >= 11 is 0. The molecule has 12 fully saturated rings. The van der Waals surface area contributed by atoms with Gasteiger partial charge in [-0.1, -0.05) is 98.8 Å². The Morgan fingerprint density at radius 3 is 1.73 bits per heavy atom. The molecule has 2 amide bonds. The number of allylic oxidation sites excluding steroid dienone is 8. The monoisotopic (exact) mass is 1440 g/mol. The molecule has 18 rings (SSSR count). The number of amides is 2. The molecule has 0 radical (unpaired) electrons. The van der Waals surface area contributed by atoms with Crippen molar-refractivity contribution in [1.29, 1.82) is 0 Å². The summed E-state index contributed by atoms with van der Waals surface area (Å²) in [7, 11) is 0. The number of benzene rings is 4. The van der Waals surface area contributed by atoms with E-state index >= 15 is 0 Å². The molecule has 14 aliphatic rings. The lowest BCUT2D eigenvalue weighted by Crippen LogP contribution is -2.65. The molecule has 0 aromatic heterocycles. The van der Waals surface area contributed by atoms with Gasteiger partial charge < -0.3 is 114 Å². The third-order valence-electron chi connectivity index (χ3n) is 21.7. The van der Waals surface area contributed by atoms with Gasteiger partial charge in [-0.3, -0.25) is 9.59 Å². The van der Waals surface area contributed by atoms with E-state index in [2.05, 4.69) is 96.3 Å². The van der Waals surface area contributed by atoms with Crippen LogP contribution in [-0.2, 0) is 67.8 Å². The Kier molecular flexibility index (Phi) is 24.8. The fraction of sp³-hybridized carbons (Fsp3) is 0.597. The van der Waals surface area contributed by atoms with E-state index in [1.54, 1.807) is 0 Å². The van der Waals surface area contributed by atoms with Crippen molar-refractivity contribution in [2.24, 2.45) is 0 Å². The van der Waals surface area contributed by atoms with Crippen molar-refractivity contribution >= 4 is 50.4 Å². The zero-order chi connectivity index (χ0) is 73.0. The fourth-order valence-electron chi connectivity index (χ4n) is 16.3. The first-order valence-electron chi connectivity index (χ1n) is 36.3. The van der Waals surface area contributed by atoms with Crippen LogP contribution in [0.2, 0.25) is 0 Å². The van der Waals surface area contributed by atoms with Gasteiger partial charge in [-0.15, -0.1) is 0 Å². The summed E-state index contributed by atoms with van der Waals surface area (Å²) in [6.45, 7) is 11.0. The van der Waals surface area contributed by atoms with Gasteiger partial charge in [0.1, 0.15) is 104 Å². The molecule has 562 valence electrons. The molecule has 0 saturated carbocycles. The third kappa shape index (κ3) is 15.5. The average molecular weight is 1440 g/mol. The summed E-state index contributed by atoms with van der Waals surface area (Å²) in [6, 6.07) is 23.3. The molecule has 14 aliphatic heterocycles. The van der Waals surface area contributed by atoms with Crippen LogP contribution in [0.4, 0.5) is 11.4 Å². The van der Waals surface area contributed by atoms with Crippen LogP contribution in [0.25, 0.3) is 21.5 Å². The third-order valence-corrected chi connectivity index (χ3v) is 21.7. The van der Waals surface area contributed by atoms with Crippen molar-refractivity contribution < 1.29 is 113 Å². The number of ether oxygens (including phenoxy) is 10. The normalized spacial score (nSPS) is 34.7. The minimum Gasteiger partial charge on any atom is -0.394 e. The maximum atomic E-state index is 14.5. The van der Waals surface area contributed by atoms with E-state index in [1.165, 1.54) is 0 Å². The van der Waals surface area contributed by atoms with E-state index < -0.39 is 172 Å². The number of rotatable bonds is 22. The van der Waals surface area contributed by atoms with Crippen molar-refractivity contribution in [2.75, 3.05) is 70.8 Å². The van der Waals surface area contributed by atoms with Crippen molar-refractivity contribution in [3.63, 3.8) is 0 Å². The summed E-state index contributed by atoms with van der Waals surface area (Å²) in [5, 5.41) is 119. The Balaban J connectivity index is 0.713. The first-order valence-corrected chi connectivity index (χ1v) is 36.3. The van der Waals surface area contributed by atoms with Crippen LogP contribution < -0.4 is 15.5 Å². The first kappa shape index (κ1) is 76.6. The van der Waals surface area contributed by atoms with Gasteiger partial charge in [0.25, 0.3) is 5.91 Å². The number of fused-ring (bicyclic) bond motifs is 6. The standard InChI is InChI=1S/C77H102N4O22/c1-42(72(92)78-32-18-36-96-66-51-25-17-35-94-67-52(38-82)100-74(63(89)62(67)88)102-70(64(66)90)55(41-85)99-51)80-48-30-28-44-20-12-14-22-46(44)58(48)76(3,4)56(80)26-10-8-7-9-11-27-57-77(5,6)59-47-23-15-13-21-45(47)29-31-49(59)81(57)43(2)73(93)79-33-19-37-97-71-65(91)68-53(39-83)101-75(71)103-69-54(40-84)98-50(24-16-34-95-68)60(86)61(69)87/h7-15,20-23,26-31,42-43,50-55,60-71,74-75,82-91H,16-19,24-25,32-41H2,1-6H3,(H-,78,79,92,93)/p+1/t42?,43?,50-,51-,52-,53-,54-,55-,60+,61-,62-,63-,64-,65+,66+,67-,68-,69-,70?,71-,74-,75-/m1/s1. The Hall–Kier alpha value is -6.03. The molecular formula is C77H103N4O22+. The van der Waals surface area contributed by atoms with Gasteiger partial charge in [0.2, 0.25) is 17.6 Å². The molecule has 3 unspecified atom stereocenters. The maximum Gasteiger partial charge on any atom is 0.288 e. The highest BCUT2D eigenvalue weighted by molar-refractivity contribution is 6.08. The molecule has 4 aromatic carbocycles. The number of aliphatic hydroxyl groups is 10. The average Bonchev–Trinajstić information content (AvgIpc) is 1.57. The number of anilines is 1. The highest BCUT2D eigenvalue weighted by atomic mass is 16.7. The van der Waals surface area contributed by atoms with Crippen LogP contribution >= 0.6 is 0 Å². The molecule has 0 spiro atoms. The summed E-state index contributed by atoms with van der Waals surface area (Å²) in [5.41, 5.74) is 4.68. The van der Waals surface area contributed by atoms with E-state index in [0.717, 1.165) is 55.5 Å². The lowest BCUT2D eigenvalue weighted by Gasteiger charge is -2.47. The molecule has 26 heteroatoms. The van der Waals surface area contributed by atoms with Gasteiger partial charge in [0, 0.05) is 80.9 Å². The Bertz CT molecular complexity index is 3750. The summed E-state index contributed by atoms with van der Waals surface area (Å²) in [4.78, 5) is 31.0. The van der Waals surface area contributed by atoms with E-state index in [0.29, 0.717) is 32.1 Å². The van der Waals surface area contributed by atoms with Gasteiger partial charge in [0.05, 0.1) is 44.1 Å². The minimum absolute atomic E-state index is 0.0148. The van der Waals surface area contributed by atoms with Crippen molar-refractivity contribution in [3.05, 3.63) is 132 Å². The van der Waals surface area contributed by atoms with Crippen LogP contribution in [0, 0.1) is 0 Å². The van der Waals surface area contributed by atoms with Gasteiger partial charge in [-0.05, 0) is 105 Å². The molecule has 12 saturated heterocycles. The fourth-order valence-corrected chi connectivity index (χ4v) is 16.3. The SMILES string of the molecule is CC(C(=O)NCCCO[C@H]1[C@H]2CCCO[C@H]3[C@H](O)[C@@H](O)[C@@H](OC([C@@H](CO)O2)[C@@H]1O)O[C@@H]3CO)N1/C(=C/C=C/C=C/C=C/C2=[N+](C(C)C(=O)NCCCO[C@H]3[C@H]4O[C@H]5[C@H](O)[C@@H](O)[C@@H](CCCO[C@@H]([C@@H]3O)[C@@H](CO)O4)O[C@@H]5CO)c3ccc4ccccc4c3C2(C)C)C(C)(C)c2c1ccc1ccccc21. The van der Waals surface area contributed by atoms with Gasteiger partial charge in [-0.25, -0.2) is 0 Å². The number of carbonyl (C=O) groups is 2. The van der Waals surface area contributed by atoms with E-state index in [1.807, 2.05) is 80.6 Å². The minimum atomic E-state index is -1.60. The molecule has 12 N–H and O–H groups in total. The summed E-state index contributed by atoms with van der Waals surface area (Å²) in [6.07, 6.45) is -7.88. The summed E-state index contributed by atoms with van der Waals surface area (Å²) < 4.78 is 63.0. The molecule has 103 heavy (non-hydrogen) atoms. The second kappa shape index (κ2) is 33.4. The van der Waals surface area contributed by atoms with Crippen LogP contribution in [0.3, 0.4) is 0 Å². The smallest absolute Gasteiger partial charge is 0.288 e. The molecule has 8 bridgehead atoms. The zero-order valence-electron chi connectivity index (χ0n) is 59.3. The number of hydrogen-bond acceptors (Lipinski definition) is 23. The topological polar surface area (TPSA) is 359 Å². The second-order valence-corrected chi connectivity index (χ2v) is 29.1. The Morgan fingerprint density at radius 1 is 0.553 bits per heavy atom. The first-order chi connectivity index (χ1) is 49.6. The van der Waals surface area contributed by atoms with Crippen LogP contribution in [-0.4, -0.2) is 274 Å². The number of nitrogens with zero attached hydrogens (tertiary/aromatic N) is 2. The Morgan fingerprint density at radius 2 is 1.07 bits per heavy atom. The molecule has 14 heterocycles. The van der Waals surface area contributed by atoms with Gasteiger partial charge in [-0.2, -0.15) is 4.58 Å². The van der Waals surface area contributed by atoms with E-state index in [-0.39, 0.29) is 57.8 Å². The quantitative estimate of drug-likeness (QED) is 0.0305. The van der Waals surface area contributed by atoms with Crippen LogP contribution in [0.1, 0.15) is 91.2 Å². The zero-order valence-corrected chi connectivity index (χ0v) is 59.3. The van der Waals surface area contributed by atoms with Crippen molar-refractivity contribution in [2.45, 2.75) is 225 Å². The molecule has 26 nitrogen and oxygen atoms in total. The Labute approximate surface area is 599 Å². The van der Waals surface area contributed by atoms with Gasteiger partial charge in [0.15, 0.2) is 18.3 Å². The molecule has 0 aliphatic carbocycles. The lowest BCUT2D eigenvalue weighted by molar-refractivity contribution is -0.463. The van der Waals surface area contributed by atoms with Crippen LogP contribution in [0.5, 0.6) is 0 Å². The molecular weight excluding hydrogens is 1330 g/mol. The van der Waals surface area contributed by atoms with E-state index in [4.69, 9.17) is 47.4 Å². The number of carbonyl (C=O) groups excluding carboxylic acids is 2. The highest BCUT2D eigenvalue weighted by Gasteiger charge is 2.56. The number of aliphatic hydroxyl groups excluding tert-OH is 10. The molecule has 22 atom stereocenters. The second-order valence-electron chi connectivity index (χ2n) is 29.1. The predicted molar refractivity (Wildman–Crippen MR) is 377 cm³/mol. The molecule has 4 aromatic rings. The number of nitrogens with one attached hydrogen (secondary N) is 2. The van der Waals surface area contributed by atoms with E-state index in [9.17, 15) is 60.7 Å². The lowest BCUT2D eigenvalue weighted by atomic mass is 9.79. The van der Waals surface area contributed by atoms with Crippen LogP contribution in [0.15, 0.2) is 121 Å². The van der Waals surface area contributed by atoms with Crippen molar-refractivity contribution in [1.82, 2.24) is 10.6 Å². The van der Waals surface area contributed by atoms with Crippen molar-refractivity contribution in [3.8, 4) is 0 Å². The van der Waals surface area contributed by atoms with Gasteiger partial charge >= 0.3 is 0 Å². The maximum absolute atomic E-state index is 14.5. The number of hydrogen-bond donors (Lipinski definition) is 12.